The van der Waals surface area contributed by atoms with Crippen LogP contribution in [0.3, 0.4) is 0 Å². The molecule has 4 rings (SSSR count). The van der Waals surface area contributed by atoms with E-state index in [0.717, 1.165) is 33.5 Å². The standard InChI is InChI=1S/C23H20F2N2O4S2/c1-32(28,29)26-15-17-8-6-16(7-9-17)12-20-14-18-13-19(24)10-11-22(18)27(20)33(30,31)23-5-3-2-4-21(23)25/h2-11,13-14,26H,12,15H2,1H3. The highest BCUT2D eigenvalue weighted by atomic mass is 32.2. The maximum absolute atomic E-state index is 14.4. The Morgan fingerprint density at radius 2 is 1.52 bits per heavy atom. The van der Waals surface area contributed by atoms with Gasteiger partial charge in [0.15, 0.2) is 0 Å². The highest BCUT2D eigenvalue weighted by molar-refractivity contribution is 7.90. The molecule has 172 valence electrons. The Hall–Kier alpha value is -3.08. The molecule has 0 saturated heterocycles. The van der Waals surface area contributed by atoms with Gasteiger partial charge in [-0.3, -0.25) is 0 Å². The molecule has 3 aromatic carbocycles. The zero-order valence-corrected chi connectivity index (χ0v) is 19.1. The molecule has 0 aliphatic carbocycles. The van der Waals surface area contributed by atoms with Gasteiger partial charge in [0.1, 0.15) is 16.5 Å². The first-order chi connectivity index (χ1) is 15.5. The van der Waals surface area contributed by atoms with Crippen LogP contribution in [0.4, 0.5) is 8.78 Å². The van der Waals surface area contributed by atoms with E-state index in [4.69, 9.17) is 0 Å². The molecule has 0 radical (unpaired) electrons. The average molecular weight is 491 g/mol. The maximum Gasteiger partial charge on any atom is 0.271 e. The highest BCUT2D eigenvalue weighted by Crippen LogP contribution is 2.29. The number of benzene rings is 3. The second-order valence-corrected chi connectivity index (χ2v) is 11.2. The minimum atomic E-state index is -4.31. The molecular formula is C23H20F2N2O4S2. The summed E-state index contributed by atoms with van der Waals surface area (Å²) in [6.07, 6.45) is 1.24. The Labute approximate surface area is 190 Å². The molecule has 0 fully saturated rings. The lowest BCUT2D eigenvalue weighted by molar-refractivity contribution is 0.561. The summed E-state index contributed by atoms with van der Waals surface area (Å²) >= 11 is 0. The van der Waals surface area contributed by atoms with Gasteiger partial charge < -0.3 is 0 Å². The van der Waals surface area contributed by atoms with Crippen LogP contribution in [-0.2, 0) is 33.0 Å². The molecule has 0 bridgehead atoms. The first-order valence-corrected chi connectivity index (χ1v) is 13.2. The fourth-order valence-corrected chi connectivity index (χ4v) is 5.62. The van der Waals surface area contributed by atoms with Gasteiger partial charge in [-0.15, -0.1) is 0 Å². The number of fused-ring (bicyclic) bond motifs is 1. The van der Waals surface area contributed by atoms with Crippen LogP contribution in [0, 0.1) is 11.6 Å². The van der Waals surface area contributed by atoms with Gasteiger partial charge in [-0.1, -0.05) is 36.4 Å². The number of nitrogens with zero attached hydrogens (tertiary/aromatic N) is 1. The molecule has 33 heavy (non-hydrogen) atoms. The summed E-state index contributed by atoms with van der Waals surface area (Å²) in [5.74, 6) is -1.40. The van der Waals surface area contributed by atoms with E-state index in [2.05, 4.69) is 4.72 Å². The van der Waals surface area contributed by atoms with Crippen LogP contribution in [0.25, 0.3) is 10.9 Å². The summed E-state index contributed by atoms with van der Waals surface area (Å²) in [5.41, 5.74) is 2.04. The van der Waals surface area contributed by atoms with Crippen LogP contribution in [-0.4, -0.2) is 27.1 Å². The van der Waals surface area contributed by atoms with Gasteiger partial charge >= 0.3 is 0 Å². The van der Waals surface area contributed by atoms with Crippen LogP contribution < -0.4 is 4.72 Å². The zero-order chi connectivity index (χ0) is 23.8. The molecule has 0 amide bonds. The minimum absolute atomic E-state index is 0.125. The Bertz CT molecular complexity index is 1550. The van der Waals surface area contributed by atoms with Gasteiger partial charge in [0, 0.05) is 24.0 Å². The van der Waals surface area contributed by atoms with Crippen LogP contribution in [0.2, 0.25) is 0 Å². The molecule has 0 aliphatic heterocycles. The fourth-order valence-electron chi connectivity index (χ4n) is 3.58. The number of sulfonamides is 1. The highest BCUT2D eigenvalue weighted by Gasteiger charge is 2.26. The van der Waals surface area contributed by atoms with Gasteiger partial charge in [0.25, 0.3) is 10.0 Å². The third-order valence-corrected chi connectivity index (χ3v) is 7.56. The van der Waals surface area contributed by atoms with E-state index in [1.165, 1.54) is 30.3 Å². The number of rotatable bonds is 7. The number of nitrogens with one attached hydrogen (secondary N) is 1. The summed E-state index contributed by atoms with van der Waals surface area (Å²) < 4.78 is 81.0. The van der Waals surface area contributed by atoms with Crippen molar-refractivity contribution in [3.05, 3.63) is 101 Å². The van der Waals surface area contributed by atoms with Crippen LogP contribution in [0.15, 0.2) is 77.7 Å². The van der Waals surface area contributed by atoms with E-state index in [1.807, 2.05) is 0 Å². The van der Waals surface area contributed by atoms with Gasteiger partial charge in [-0.25, -0.2) is 34.3 Å². The summed E-state index contributed by atoms with van der Waals surface area (Å²) in [6, 6.07) is 17.3. The number of hydrogen-bond acceptors (Lipinski definition) is 4. The third-order valence-electron chi connectivity index (χ3n) is 5.09. The van der Waals surface area contributed by atoms with Crippen LogP contribution in [0.1, 0.15) is 16.8 Å². The number of aromatic nitrogens is 1. The normalized spacial score (nSPS) is 12.3. The van der Waals surface area contributed by atoms with E-state index >= 15 is 0 Å². The van der Waals surface area contributed by atoms with Crippen molar-refractivity contribution in [2.45, 2.75) is 17.9 Å². The van der Waals surface area contributed by atoms with E-state index in [9.17, 15) is 25.6 Å². The average Bonchev–Trinajstić information content (AvgIpc) is 3.10. The molecule has 0 saturated carbocycles. The molecule has 0 aliphatic rings. The molecule has 1 N–H and O–H groups in total. The third kappa shape index (κ3) is 4.97. The van der Waals surface area contributed by atoms with E-state index in [-0.39, 0.29) is 18.5 Å². The van der Waals surface area contributed by atoms with Gasteiger partial charge in [0.05, 0.1) is 11.8 Å². The molecule has 4 aromatic rings. The fraction of sp³-hybridized carbons (Fsp3) is 0.130. The smallest absolute Gasteiger partial charge is 0.238 e. The molecule has 10 heteroatoms. The van der Waals surface area contributed by atoms with Crippen molar-refractivity contribution in [1.82, 2.24) is 8.69 Å². The van der Waals surface area contributed by atoms with Crippen LogP contribution in [0.5, 0.6) is 0 Å². The molecule has 0 spiro atoms. The number of halogens is 2. The Balaban J connectivity index is 1.76. The SMILES string of the molecule is CS(=O)(=O)NCc1ccc(Cc2cc3cc(F)ccc3n2S(=O)(=O)c2ccccc2F)cc1. The summed E-state index contributed by atoms with van der Waals surface area (Å²) in [7, 11) is -7.64. The summed E-state index contributed by atoms with van der Waals surface area (Å²) in [4.78, 5) is -0.477. The van der Waals surface area contributed by atoms with E-state index in [1.54, 1.807) is 30.3 Å². The maximum atomic E-state index is 14.4. The first kappa shape index (κ1) is 23.1. The zero-order valence-electron chi connectivity index (χ0n) is 17.5. The molecular weight excluding hydrogens is 470 g/mol. The van der Waals surface area contributed by atoms with Crippen molar-refractivity contribution < 1.29 is 25.6 Å². The monoisotopic (exact) mass is 490 g/mol. The van der Waals surface area contributed by atoms with Gasteiger partial charge in [-0.2, -0.15) is 0 Å². The largest absolute Gasteiger partial charge is 0.271 e. The topological polar surface area (TPSA) is 85.2 Å². The Kier molecular flexibility index (Phi) is 6.08. The number of hydrogen-bond donors (Lipinski definition) is 1. The van der Waals surface area contributed by atoms with Crippen molar-refractivity contribution >= 4 is 30.9 Å². The molecule has 0 unspecified atom stereocenters. The quantitative estimate of drug-likeness (QED) is 0.427. The first-order valence-electron chi connectivity index (χ1n) is 9.87. The predicted octanol–water partition coefficient (Wildman–Crippen LogP) is 3.80. The lowest BCUT2D eigenvalue weighted by Gasteiger charge is -2.13. The second kappa shape index (κ2) is 8.69. The van der Waals surface area contributed by atoms with E-state index < -0.39 is 36.6 Å². The van der Waals surface area contributed by atoms with Crippen LogP contribution >= 0.6 is 0 Å². The Morgan fingerprint density at radius 3 is 2.18 bits per heavy atom. The minimum Gasteiger partial charge on any atom is -0.238 e. The van der Waals surface area contributed by atoms with Crippen molar-refractivity contribution in [2.75, 3.05) is 6.26 Å². The second-order valence-electron chi connectivity index (χ2n) is 7.63. The Morgan fingerprint density at radius 1 is 0.848 bits per heavy atom. The molecule has 1 aromatic heterocycles. The van der Waals surface area contributed by atoms with Crippen molar-refractivity contribution in [2.24, 2.45) is 0 Å². The van der Waals surface area contributed by atoms with Crippen molar-refractivity contribution in [1.29, 1.82) is 0 Å². The summed E-state index contributed by atoms with van der Waals surface area (Å²) in [6.45, 7) is 0.125. The predicted molar refractivity (Wildman–Crippen MR) is 122 cm³/mol. The molecule has 6 nitrogen and oxygen atoms in total. The van der Waals surface area contributed by atoms with Gasteiger partial charge in [-0.05, 0) is 47.5 Å². The lowest BCUT2D eigenvalue weighted by atomic mass is 10.1. The summed E-state index contributed by atoms with van der Waals surface area (Å²) in [5, 5.41) is 0.374. The van der Waals surface area contributed by atoms with Gasteiger partial charge in [0.2, 0.25) is 10.0 Å². The molecule has 1 heterocycles. The van der Waals surface area contributed by atoms with Crippen molar-refractivity contribution in [3.63, 3.8) is 0 Å². The van der Waals surface area contributed by atoms with Crippen molar-refractivity contribution in [3.8, 4) is 0 Å². The molecule has 0 atom stereocenters. The van der Waals surface area contributed by atoms with E-state index in [0.29, 0.717) is 11.1 Å². The lowest BCUT2D eigenvalue weighted by Crippen LogP contribution is -2.21.